The molecule has 1 N–H and O–H groups in total. The van der Waals surface area contributed by atoms with Crippen LogP contribution >= 0.6 is 0 Å². The molecule has 5 nitrogen and oxygen atoms in total. The van der Waals surface area contributed by atoms with Crippen LogP contribution in [0.5, 0.6) is 0 Å². The quantitative estimate of drug-likeness (QED) is 0.892. The molecule has 1 aliphatic heterocycles. The summed E-state index contributed by atoms with van der Waals surface area (Å²) in [6, 6.07) is 5.06. The van der Waals surface area contributed by atoms with Crippen LogP contribution in [0, 0.1) is 11.2 Å². The van der Waals surface area contributed by atoms with Crippen LogP contribution in [0.2, 0.25) is 0 Å². The lowest BCUT2D eigenvalue weighted by atomic mass is 10.0. The van der Waals surface area contributed by atoms with E-state index in [1.165, 1.54) is 6.07 Å². The first-order chi connectivity index (χ1) is 10.3. The van der Waals surface area contributed by atoms with E-state index < -0.39 is 27.9 Å². The van der Waals surface area contributed by atoms with E-state index >= 15 is 0 Å². The highest BCUT2D eigenvalue weighted by Crippen LogP contribution is 2.55. The third kappa shape index (κ3) is 2.87. The highest BCUT2D eigenvalue weighted by molar-refractivity contribution is 7.89. The van der Waals surface area contributed by atoms with Gasteiger partial charge in [0.1, 0.15) is 11.9 Å². The summed E-state index contributed by atoms with van der Waals surface area (Å²) in [5.41, 5.74) is 0.201. The van der Waals surface area contributed by atoms with Crippen molar-refractivity contribution in [1.29, 1.82) is 0 Å². The van der Waals surface area contributed by atoms with Crippen molar-refractivity contribution in [2.24, 2.45) is 5.41 Å². The SMILES string of the molecule is O=C(O)[C@@H]1CC2(CC2)CN1S(=O)(=O)CCc1ccccc1F. The van der Waals surface area contributed by atoms with Crippen molar-refractivity contribution in [3.05, 3.63) is 35.6 Å². The Morgan fingerprint density at radius 3 is 2.64 bits per heavy atom. The number of hydrogen-bond acceptors (Lipinski definition) is 3. The van der Waals surface area contributed by atoms with Gasteiger partial charge >= 0.3 is 5.97 Å². The molecule has 1 spiro atoms. The molecule has 22 heavy (non-hydrogen) atoms. The molecule has 0 unspecified atom stereocenters. The van der Waals surface area contributed by atoms with Gasteiger partial charge in [-0.05, 0) is 42.7 Å². The fourth-order valence-electron chi connectivity index (χ4n) is 3.12. The first kappa shape index (κ1) is 15.4. The van der Waals surface area contributed by atoms with Crippen LogP contribution in [-0.4, -0.2) is 42.1 Å². The summed E-state index contributed by atoms with van der Waals surface area (Å²) in [6.07, 6.45) is 2.21. The molecule has 7 heteroatoms. The number of rotatable bonds is 5. The van der Waals surface area contributed by atoms with E-state index in [-0.39, 0.29) is 24.1 Å². The lowest BCUT2D eigenvalue weighted by Crippen LogP contribution is -2.42. The van der Waals surface area contributed by atoms with Gasteiger partial charge in [-0.25, -0.2) is 12.8 Å². The molecule has 1 aliphatic carbocycles. The summed E-state index contributed by atoms with van der Waals surface area (Å²) < 4.78 is 39.7. The zero-order valence-corrected chi connectivity index (χ0v) is 12.9. The highest BCUT2D eigenvalue weighted by atomic mass is 32.2. The Hall–Kier alpha value is -1.47. The van der Waals surface area contributed by atoms with Gasteiger partial charge in [0.15, 0.2) is 0 Å². The summed E-state index contributed by atoms with van der Waals surface area (Å²) in [6.45, 7) is 0.281. The van der Waals surface area contributed by atoms with Crippen molar-refractivity contribution in [1.82, 2.24) is 4.31 Å². The van der Waals surface area contributed by atoms with Crippen molar-refractivity contribution >= 4 is 16.0 Å². The molecule has 2 aliphatic rings. The molecule has 1 atom stereocenters. The number of carbonyl (C=O) groups is 1. The summed E-state index contributed by atoms with van der Waals surface area (Å²) in [5, 5.41) is 9.27. The van der Waals surface area contributed by atoms with Crippen molar-refractivity contribution in [3.63, 3.8) is 0 Å². The van der Waals surface area contributed by atoms with Crippen molar-refractivity contribution in [2.45, 2.75) is 31.7 Å². The second-order valence-electron chi connectivity index (χ2n) is 6.26. The van der Waals surface area contributed by atoms with E-state index in [4.69, 9.17) is 0 Å². The molecule has 1 heterocycles. The smallest absolute Gasteiger partial charge is 0.322 e. The maximum Gasteiger partial charge on any atom is 0.322 e. The van der Waals surface area contributed by atoms with Crippen molar-refractivity contribution in [2.75, 3.05) is 12.3 Å². The number of nitrogens with zero attached hydrogens (tertiary/aromatic N) is 1. The molecule has 1 aromatic carbocycles. The van der Waals surface area contributed by atoms with E-state index in [1.54, 1.807) is 18.2 Å². The monoisotopic (exact) mass is 327 g/mol. The van der Waals surface area contributed by atoms with Gasteiger partial charge in [-0.2, -0.15) is 4.31 Å². The first-order valence-corrected chi connectivity index (χ1v) is 8.90. The predicted octanol–water partition coefficient (Wildman–Crippen LogP) is 1.64. The zero-order valence-electron chi connectivity index (χ0n) is 12.0. The number of sulfonamides is 1. The molecular formula is C15H18FNO4S. The Labute approximate surface area is 128 Å². The lowest BCUT2D eigenvalue weighted by Gasteiger charge is -2.21. The molecular weight excluding hydrogens is 309 g/mol. The highest BCUT2D eigenvalue weighted by Gasteiger charge is 2.56. The van der Waals surface area contributed by atoms with E-state index in [2.05, 4.69) is 0 Å². The number of carboxylic acids is 1. The van der Waals surface area contributed by atoms with Crippen LogP contribution in [0.3, 0.4) is 0 Å². The molecule has 1 saturated heterocycles. The lowest BCUT2D eigenvalue weighted by molar-refractivity contribution is -0.140. The van der Waals surface area contributed by atoms with Gasteiger partial charge in [-0.15, -0.1) is 0 Å². The normalized spacial score (nSPS) is 23.8. The molecule has 2 fully saturated rings. The first-order valence-electron chi connectivity index (χ1n) is 7.29. The van der Waals surface area contributed by atoms with E-state index in [9.17, 15) is 22.7 Å². The molecule has 120 valence electrons. The second kappa shape index (κ2) is 5.31. The minimum absolute atomic E-state index is 0.0465. The minimum atomic E-state index is -3.71. The maximum absolute atomic E-state index is 13.6. The average Bonchev–Trinajstić information content (AvgIpc) is 3.08. The maximum atomic E-state index is 13.6. The van der Waals surface area contributed by atoms with Gasteiger partial charge in [0.2, 0.25) is 10.0 Å². The van der Waals surface area contributed by atoms with Gasteiger partial charge in [0.05, 0.1) is 5.75 Å². The van der Waals surface area contributed by atoms with Gasteiger partial charge in [-0.3, -0.25) is 4.79 Å². The fourth-order valence-corrected chi connectivity index (χ4v) is 4.85. The summed E-state index contributed by atoms with van der Waals surface area (Å²) in [4.78, 5) is 11.3. The zero-order chi connectivity index (χ0) is 16.0. The van der Waals surface area contributed by atoms with Crippen LogP contribution in [0.1, 0.15) is 24.8 Å². The van der Waals surface area contributed by atoms with Crippen LogP contribution in [-0.2, 0) is 21.2 Å². The number of benzene rings is 1. The third-order valence-corrected chi connectivity index (χ3v) is 6.47. The standard InChI is InChI=1S/C15H18FNO4S/c16-12-4-2-1-3-11(12)5-8-22(20,21)17-10-15(6-7-15)9-13(17)14(18)19/h1-4,13H,5-10H2,(H,18,19)/t13-/m0/s1. The van der Waals surface area contributed by atoms with E-state index in [0.717, 1.165) is 17.1 Å². The average molecular weight is 327 g/mol. The third-order valence-electron chi connectivity index (χ3n) is 4.65. The van der Waals surface area contributed by atoms with E-state index in [0.29, 0.717) is 12.0 Å². The topological polar surface area (TPSA) is 74.7 Å². The summed E-state index contributed by atoms with van der Waals surface area (Å²) in [5.74, 6) is -1.81. The van der Waals surface area contributed by atoms with Crippen molar-refractivity contribution < 1.29 is 22.7 Å². The predicted molar refractivity (Wildman–Crippen MR) is 78.3 cm³/mol. The Bertz CT molecular complexity index is 699. The second-order valence-corrected chi connectivity index (χ2v) is 8.30. The Balaban J connectivity index is 1.75. The van der Waals surface area contributed by atoms with Crippen LogP contribution in [0.4, 0.5) is 4.39 Å². The molecule has 1 aromatic rings. The van der Waals surface area contributed by atoms with Crippen LogP contribution < -0.4 is 0 Å². The number of hydrogen-bond donors (Lipinski definition) is 1. The summed E-state index contributed by atoms with van der Waals surface area (Å²) in [7, 11) is -3.71. The largest absolute Gasteiger partial charge is 0.480 e. The number of aliphatic carboxylic acids is 1. The number of halogens is 1. The molecule has 3 rings (SSSR count). The van der Waals surface area contributed by atoms with Gasteiger partial charge in [0.25, 0.3) is 0 Å². The molecule has 0 bridgehead atoms. The Morgan fingerprint density at radius 2 is 2.05 bits per heavy atom. The van der Waals surface area contributed by atoms with Gasteiger partial charge in [0, 0.05) is 6.54 Å². The van der Waals surface area contributed by atoms with E-state index in [1.807, 2.05) is 0 Å². The molecule has 0 aromatic heterocycles. The fraction of sp³-hybridized carbons (Fsp3) is 0.533. The molecule has 1 saturated carbocycles. The van der Waals surface area contributed by atoms with Crippen LogP contribution in [0.15, 0.2) is 24.3 Å². The molecule has 0 amide bonds. The molecule has 0 radical (unpaired) electrons. The van der Waals surface area contributed by atoms with Gasteiger partial charge < -0.3 is 5.11 Å². The van der Waals surface area contributed by atoms with Crippen LogP contribution in [0.25, 0.3) is 0 Å². The Morgan fingerprint density at radius 1 is 1.36 bits per heavy atom. The minimum Gasteiger partial charge on any atom is -0.480 e. The van der Waals surface area contributed by atoms with Crippen molar-refractivity contribution in [3.8, 4) is 0 Å². The summed E-state index contributed by atoms with van der Waals surface area (Å²) >= 11 is 0. The number of carboxylic acid groups (broad SMARTS) is 1. The van der Waals surface area contributed by atoms with Gasteiger partial charge in [-0.1, -0.05) is 18.2 Å². The Kier molecular flexibility index (Phi) is 3.72. The number of aryl methyl sites for hydroxylation is 1.